The normalized spacial score (nSPS) is 21.1. The first-order valence-electron chi connectivity index (χ1n) is 12.2. The Morgan fingerprint density at radius 3 is 2.50 bits per heavy atom. The van der Waals surface area contributed by atoms with Crippen LogP contribution in [0.2, 0.25) is 0 Å². The third kappa shape index (κ3) is 4.63. The number of carbonyl (C=O) groups is 2. The standard InChI is InChI=1S/C25H36FN3O3/c1-3-21(30)9-14-29-18-25(22-17-19(26)5-6-23(22)29)10-15-27(16-11-25)20-7-12-28(13-8-20)24(31)32-4-2/h5-6,17,20H,3-4,7-16,18H2,1-2H3. The number of benzene rings is 1. The number of hydrogen-bond donors (Lipinski definition) is 0. The Hall–Kier alpha value is -2.15. The molecule has 0 atom stereocenters. The molecule has 1 amide bonds. The number of ketones is 1. The zero-order valence-electron chi connectivity index (χ0n) is 19.4. The molecule has 4 rings (SSSR count). The van der Waals surface area contributed by atoms with Gasteiger partial charge in [0.1, 0.15) is 11.6 Å². The monoisotopic (exact) mass is 445 g/mol. The number of amides is 1. The highest BCUT2D eigenvalue weighted by atomic mass is 19.1. The molecule has 1 aromatic rings. The Bertz CT molecular complexity index is 830. The quantitative estimate of drug-likeness (QED) is 0.663. The summed E-state index contributed by atoms with van der Waals surface area (Å²) in [6, 6.07) is 5.65. The minimum absolute atomic E-state index is 0.0329. The Kier molecular flexibility index (Phi) is 7.03. The number of rotatable bonds is 6. The van der Waals surface area contributed by atoms with Crippen molar-refractivity contribution < 1.29 is 18.7 Å². The summed E-state index contributed by atoms with van der Waals surface area (Å²) in [5.41, 5.74) is 2.19. The van der Waals surface area contributed by atoms with E-state index < -0.39 is 0 Å². The van der Waals surface area contributed by atoms with E-state index in [1.165, 1.54) is 0 Å². The van der Waals surface area contributed by atoms with Gasteiger partial charge in [0.2, 0.25) is 0 Å². The Morgan fingerprint density at radius 2 is 1.84 bits per heavy atom. The molecule has 0 unspecified atom stereocenters. The first-order chi connectivity index (χ1) is 15.5. The smallest absolute Gasteiger partial charge is 0.409 e. The Morgan fingerprint density at radius 1 is 1.12 bits per heavy atom. The summed E-state index contributed by atoms with van der Waals surface area (Å²) < 4.78 is 19.3. The summed E-state index contributed by atoms with van der Waals surface area (Å²) in [6.07, 6.45) is 4.87. The molecule has 32 heavy (non-hydrogen) atoms. The molecule has 3 aliphatic heterocycles. The lowest BCUT2D eigenvalue weighted by Gasteiger charge is -2.45. The molecule has 176 valence electrons. The Labute approximate surface area is 190 Å². The lowest BCUT2D eigenvalue weighted by Crippen LogP contribution is -2.52. The number of likely N-dealkylation sites (tertiary alicyclic amines) is 2. The fourth-order valence-electron chi connectivity index (χ4n) is 5.75. The molecule has 0 bridgehead atoms. The molecule has 0 saturated carbocycles. The molecular formula is C25H36FN3O3. The second-order valence-corrected chi connectivity index (χ2v) is 9.46. The van der Waals surface area contributed by atoms with Gasteiger partial charge in [0.05, 0.1) is 6.61 Å². The molecule has 1 aromatic carbocycles. The number of nitrogens with zero attached hydrogens (tertiary/aromatic N) is 3. The van der Waals surface area contributed by atoms with Gasteiger partial charge in [-0.1, -0.05) is 6.92 Å². The van der Waals surface area contributed by atoms with Crippen LogP contribution in [0, 0.1) is 5.82 Å². The number of anilines is 1. The maximum atomic E-state index is 14.2. The van der Waals surface area contributed by atoms with E-state index in [0.29, 0.717) is 32.0 Å². The van der Waals surface area contributed by atoms with Gasteiger partial charge in [-0.2, -0.15) is 0 Å². The molecular weight excluding hydrogens is 409 g/mol. The SMILES string of the molecule is CCOC(=O)N1CCC(N2CCC3(CC2)CN(CCC(=O)CC)c2ccc(F)cc23)CC1. The van der Waals surface area contributed by atoms with Gasteiger partial charge in [-0.05, 0) is 69.5 Å². The van der Waals surface area contributed by atoms with E-state index in [1.54, 1.807) is 12.1 Å². The predicted molar refractivity (Wildman–Crippen MR) is 123 cm³/mol. The molecule has 7 heteroatoms. The van der Waals surface area contributed by atoms with Crippen molar-refractivity contribution in [2.75, 3.05) is 50.8 Å². The van der Waals surface area contributed by atoms with Crippen LogP contribution in [-0.2, 0) is 14.9 Å². The number of ether oxygens (including phenoxy) is 1. The van der Waals surface area contributed by atoms with Gasteiger partial charge in [-0.25, -0.2) is 9.18 Å². The van der Waals surface area contributed by atoms with Crippen molar-refractivity contribution in [3.8, 4) is 0 Å². The summed E-state index contributed by atoms with van der Waals surface area (Å²) in [5, 5.41) is 0. The van der Waals surface area contributed by atoms with Crippen molar-refractivity contribution in [3.63, 3.8) is 0 Å². The van der Waals surface area contributed by atoms with E-state index in [1.807, 2.05) is 24.8 Å². The second-order valence-electron chi connectivity index (χ2n) is 9.46. The van der Waals surface area contributed by atoms with Crippen molar-refractivity contribution in [2.45, 2.75) is 63.8 Å². The van der Waals surface area contributed by atoms with Crippen LogP contribution in [0.15, 0.2) is 18.2 Å². The van der Waals surface area contributed by atoms with E-state index in [-0.39, 0.29) is 23.1 Å². The van der Waals surface area contributed by atoms with Crippen molar-refractivity contribution in [1.29, 1.82) is 0 Å². The van der Waals surface area contributed by atoms with Gasteiger partial charge in [-0.15, -0.1) is 0 Å². The number of halogens is 1. The van der Waals surface area contributed by atoms with Gasteiger partial charge in [0.15, 0.2) is 0 Å². The average molecular weight is 446 g/mol. The topological polar surface area (TPSA) is 53.1 Å². The highest BCUT2D eigenvalue weighted by Gasteiger charge is 2.45. The lowest BCUT2D eigenvalue weighted by atomic mass is 9.74. The highest BCUT2D eigenvalue weighted by molar-refractivity contribution is 5.79. The third-order valence-corrected chi connectivity index (χ3v) is 7.68. The second kappa shape index (κ2) is 9.77. The van der Waals surface area contributed by atoms with Gasteiger partial charge < -0.3 is 19.4 Å². The molecule has 6 nitrogen and oxygen atoms in total. The molecule has 2 fully saturated rings. The van der Waals surface area contributed by atoms with Crippen LogP contribution in [0.4, 0.5) is 14.9 Å². The maximum absolute atomic E-state index is 14.2. The third-order valence-electron chi connectivity index (χ3n) is 7.68. The predicted octanol–water partition coefficient (Wildman–Crippen LogP) is 3.97. The number of Topliss-reactive ketones (excluding diaryl/α,β-unsaturated/α-hetero) is 1. The van der Waals surface area contributed by atoms with E-state index in [9.17, 15) is 14.0 Å². The summed E-state index contributed by atoms with van der Waals surface area (Å²) in [5.74, 6) is 0.0990. The number of fused-ring (bicyclic) bond motifs is 2. The minimum Gasteiger partial charge on any atom is -0.450 e. The maximum Gasteiger partial charge on any atom is 0.409 e. The molecule has 3 heterocycles. The van der Waals surface area contributed by atoms with Crippen LogP contribution in [-0.4, -0.2) is 73.6 Å². The summed E-state index contributed by atoms with van der Waals surface area (Å²) in [6.45, 7) is 9.22. The fraction of sp³-hybridized carbons (Fsp3) is 0.680. The van der Waals surface area contributed by atoms with Crippen LogP contribution in [0.25, 0.3) is 0 Å². The van der Waals surface area contributed by atoms with Crippen molar-refractivity contribution in [3.05, 3.63) is 29.6 Å². The minimum atomic E-state index is -0.199. The van der Waals surface area contributed by atoms with Crippen LogP contribution in [0.5, 0.6) is 0 Å². The van der Waals surface area contributed by atoms with Crippen LogP contribution >= 0.6 is 0 Å². The van der Waals surface area contributed by atoms with Gasteiger partial charge in [0.25, 0.3) is 0 Å². The first kappa shape index (κ1) is 23.0. The van der Waals surface area contributed by atoms with E-state index in [4.69, 9.17) is 4.74 Å². The van der Waals surface area contributed by atoms with E-state index in [2.05, 4.69) is 9.80 Å². The number of piperidine rings is 2. The van der Waals surface area contributed by atoms with Gasteiger partial charge >= 0.3 is 6.09 Å². The fourth-order valence-corrected chi connectivity index (χ4v) is 5.75. The highest BCUT2D eigenvalue weighted by Crippen LogP contribution is 2.47. The molecule has 0 N–H and O–H groups in total. The molecule has 2 saturated heterocycles. The summed E-state index contributed by atoms with van der Waals surface area (Å²) in [4.78, 5) is 30.6. The summed E-state index contributed by atoms with van der Waals surface area (Å²) in [7, 11) is 0. The van der Waals surface area contributed by atoms with Crippen molar-refractivity contribution >= 4 is 17.6 Å². The largest absolute Gasteiger partial charge is 0.450 e. The Balaban J connectivity index is 1.39. The zero-order valence-corrected chi connectivity index (χ0v) is 19.4. The van der Waals surface area contributed by atoms with E-state index in [0.717, 1.165) is 69.7 Å². The molecule has 0 aromatic heterocycles. The van der Waals surface area contributed by atoms with Crippen LogP contribution < -0.4 is 4.90 Å². The molecule has 0 radical (unpaired) electrons. The van der Waals surface area contributed by atoms with Gasteiger partial charge in [-0.3, -0.25) is 4.79 Å². The van der Waals surface area contributed by atoms with E-state index >= 15 is 0 Å². The number of carbonyl (C=O) groups excluding carboxylic acids is 2. The van der Waals surface area contributed by atoms with Crippen molar-refractivity contribution in [1.82, 2.24) is 9.80 Å². The average Bonchev–Trinajstić information content (AvgIpc) is 3.10. The van der Waals surface area contributed by atoms with Gasteiger partial charge in [0, 0.05) is 56.2 Å². The molecule has 0 aliphatic carbocycles. The summed E-state index contributed by atoms with van der Waals surface area (Å²) >= 11 is 0. The lowest BCUT2D eigenvalue weighted by molar-refractivity contribution is -0.118. The van der Waals surface area contributed by atoms with Crippen LogP contribution in [0.3, 0.4) is 0 Å². The molecule has 3 aliphatic rings. The van der Waals surface area contributed by atoms with Crippen molar-refractivity contribution in [2.24, 2.45) is 0 Å². The number of hydrogen-bond acceptors (Lipinski definition) is 5. The zero-order chi connectivity index (χ0) is 22.7. The first-order valence-corrected chi connectivity index (χ1v) is 12.2. The van der Waals surface area contributed by atoms with Crippen LogP contribution in [0.1, 0.15) is 57.9 Å². The molecule has 1 spiro atoms.